The number of nitrogens with zero attached hydrogens (tertiary/aromatic N) is 3. The van der Waals surface area contributed by atoms with Crippen molar-refractivity contribution in [3.8, 4) is 0 Å². The molecule has 122 valence electrons. The van der Waals surface area contributed by atoms with Gasteiger partial charge in [0.2, 0.25) is 0 Å². The summed E-state index contributed by atoms with van der Waals surface area (Å²) < 4.78 is 0.807. The number of hydrogen-bond donors (Lipinski definition) is 0. The molecular weight excluding hydrogens is 397 g/mol. The molecule has 0 radical (unpaired) electrons. The van der Waals surface area contributed by atoms with Crippen molar-refractivity contribution in [3.63, 3.8) is 0 Å². The van der Waals surface area contributed by atoms with E-state index >= 15 is 0 Å². The van der Waals surface area contributed by atoms with Gasteiger partial charge in [0.15, 0.2) is 8.85 Å². The molecule has 1 unspecified atom stereocenters. The highest BCUT2D eigenvalue weighted by Gasteiger charge is 2.28. The molecule has 1 atom stereocenters. The molecule has 1 rings (SSSR count). The lowest BCUT2D eigenvalue weighted by atomic mass is 9.89. The van der Waals surface area contributed by atoms with Gasteiger partial charge in [-0.1, -0.05) is 76.8 Å². The predicted molar refractivity (Wildman–Crippen MR) is 98.9 cm³/mol. The zero-order chi connectivity index (χ0) is 15.7. The Morgan fingerprint density at radius 1 is 0.952 bits per heavy atom. The van der Waals surface area contributed by atoms with Crippen LogP contribution in [-0.2, 0) is 5.54 Å². The Labute approximate surface area is 148 Å². The van der Waals surface area contributed by atoms with Gasteiger partial charge in [-0.25, -0.2) is 0 Å². The Morgan fingerprint density at radius 3 is 2.00 bits per heavy atom. The van der Waals surface area contributed by atoms with Gasteiger partial charge in [0.05, 0.1) is 5.54 Å². The van der Waals surface area contributed by atoms with Gasteiger partial charge < -0.3 is 0 Å². The Bertz CT molecular complexity index is 389. The normalized spacial score (nSPS) is 14.3. The van der Waals surface area contributed by atoms with Crippen molar-refractivity contribution in [1.82, 2.24) is 15.0 Å². The van der Waals surface area contributed by atoms with Crippen LogP contribution >= 0.6 is 34.2 Å². The first-order valence-electron chi connectivity index (χ1n) is 8.32. The quantitative estimate of drug-likeness (QED) is 0.312. The lowest BCUT2D eigenvalue weighted by Gasteiger charge is -2.29. The van der Waals surface area contributed by atoms with E-state index in [1.807, 2.05) is 4.80 Å². The molecule has 21 heavy (non-hydrogen) atoms. The van der Waals surface area contributed by atoms with E-state index in [4.69, 9.17) is 11.6 Å². The molecule has 1 aromatic heterocycles. The van der Waals surface area contributed by atoms with Gasteiger partial charge in [-0.15, -0.1) is 10.2 Å². The van der Waals surface area contributed by atoms with E-state index in [-0.39, 0.29) is 5.54 Å². The maximum atomic E-state index is 6.10. The Hall–Kier alpha value is 0.160. The summed E-state index contributed by atoms with van der Waals surface area (Å²) in [7, 11) is 0. The smallest absolute Gasteiger partial charge is 0.176 e. The van der Waals surface area contributed by atoms with Crippen LogP contribution in [0.2, 0.25) is 5.15 Å². The van der Waals surface area contributed by atoms with Crippen molar-refractivity contribution in [2.24, 2.45) is 0 Å². The summed E-state index contributed by atoms with van der Waals surface area (Å²) in [5, 5.41) is 9.51. The Balaban J connectivity index is 2.65. The molecule has 0 aliphatic carbocycles. The standard InChI is InChI=1S/C16H29ClIN3/c1-4-6-8-9-11-13-16(3,12-10-7-5-2)21-19-14(17)15(18)20-21/h4-13H2,1-3H3. The van der Waals surface area contributed by atoms with Gasteiger partial charge in [-0.2, -0.15) is 4.80 Å². The summed E-state index contributed by atoms with van der Waals surface area (Å²) in [6.07, 6.45) is 12.6. The minimum atomic E-state index is 0.00838. The summed E-state index contributed by atoms with van der Waals surface area (Å²) in [5.41, 5.74) is 0.00838. The van der Waals surface area contributed by atoms with Crippen molar-refractivity contribution < 1.29 is 0 Å². The van der Waals surface area contributed by atoms with Crippen LogP contribution in [0.4, 0.5) is 0 Å². The monoisotopic (exact) mass is 425 g/mol. The van der Waals surface area contributed by atoms with Crippen LogP contribution < -0.4 is 0 Å². The molecule has 0 amide bonds. The molecule has 0 spiro atoms. The van der Waals surface area contributed by atoms with E-state index in [1.54, 1.807) is 0 Å². The fourth-order valence-electron chi connectivity index (χ4n) is 2.70. The summed E-state index contributed by atoms with van der Waals surface area (Å²) >= 11 is 8.26. The van der Waals surface area contributed by atoms with Crippen LogP contribution in [0.3, 0.4) is 0 Å². The average Bonchev–Trinajstić information content (AvgIpc) is 2.79. The first-order chi connectivity index (χ1) is 10.0. The molecule has 1 heterocycles. The van der Waals surface area contributed by atoms with E-state index < -0.39 is 0 Å². The van der Waals surface area contributed by atoms with Crippen molar-refractivity contribution in [2.45, 2.75) is 90.5 Å². The summed E-state index contributed by atoms with van der Waals surface area (Å²) in [6, 6.07) is 0. The van der Waals surface area contributed by atoms with E-state index in [1.165, 1.54) is 51.4 Å². The Kier molecular flexibility index (Phi) is 9.18. The predicted octanol–water partition coefficient (Wildman–Crippen LogP) is 6.19. The van der Waals surface area contributed by atoms with Gasteiger partial charge in [0.1, 0.15) is 0 Å². The second kappa shape index (κ2) is 10.0. The van der Waals surface area contributed by atoms with Gasteiger partial charge in [-0.3, -0.25) is 0 Å². The molecule has 0 bridgehead atoms. The highest BCUT2D eigenvalue weighted by atomic mass is 127. The third-order valence-corrected chi connectivity index (χ3v) is 5.46. The van der Waals surface area contributed by atoms with Crippen molar-refractivity contribution >= 4 is 34.2 Å². The highest BCUT2D eigenvalue weighted by molar-refractivity contribution is 14.1. The first-order valence-corrected chi connectivity index (χ1v) is 9.78. The van der Waals surface area contributed by atoms with Crippen molar-refractivity contribution in [1.29, 1.82) is 0 Å². The summed E-state index contributed by atoms with van der Waals surface area (Å²) in [5.74, 6) is 0. The second-order valence-corrected chi connectivity index (χ2v) is 7.57. The first kappa shape index (κ1) is 19.2. The minimum Gasteiger partial charge on any atom is -0.176 e. The van der Waals surface area contributed by atoms with Crippen molar-refractivity contribution in [3.05, 3.63) is 8.85 Å². The molecule has 0 saturated carbocycles. The SMILES string of the molecule is CCCCCCCC(C)(CCCCC)n1nc(Cl)c(I)n1. The van der Waals surface area contributed by atoms with Gasteiger partial charge in [0, 0.05) is 0 Å². The fourth-order valence-corrected chi connectivity index (χ4v) is 3.12. The van der Waals surface area contributed by atoms with Crippen LogP contribution in [0.5, 0.6) is 0 Å². The summed E-state index contributed by atoms with van der Waals surface area (Å²) in [6.45, 7) is 6.79. The van der Waals surface area contributed by atoms with Crippen LogP contribution in [0.1, 0.15) is 85.0 Å². The lowest BCUT2D eigenvalue weighted by molar-refractivity contribution is 0.200. The van der Waals surface area contributed by atoms with Gasteiger partial charge in [-0.05, 0) is 42.4 Å². The largest absolute Gasteiger partial charge is 0.184 e. The van der Waals surface area contributed by atoms with E-state index in [2.05, 4.69) is 53.6 Å². The maximum absolute atomic E-state index is 6.10. The third kappa shape index (κ3) is 6.43. The van der Waals surface area contributed by atoms with E-state index in [9.17, 15) is 0 Å². The molecule has 0 saturated heterocycles. The molecule has 5 heteroatoms. The third-order valence-electron chi connectivity index (χ3n) is 4.16. The Morgan fingerprint density at radius 2 is 1.48 bits per heavy atom. The minimum absolute atomic E-state index is 0.00838. The van der Waals surface area contributed by atoms with Gasteiger partial charge >= 0.3 is 0 Å². The zero-order valence-electron chi connectivity index (χ0n) is 13.7. The number of hydrogen-bond acceptors (Lipinski definition) is 2. The second-order valence-electron chi connectivity index (χ2n) is 6.19. The fraction of sp³-hybridized carbons (Fsp3) is 0.875. The molecule has 0 fully saturated rings. The number of unbranched alkanes of at least 4 members (excludes halogenated alkanes) is 6. The number of halogens is 2. The van der Waals surface area contributed by atoms with E-state index in [0.29, 0.717) is 5.15 Å². The zero-order valence-corrected chi connectivity index (χ0v) is 16.6. The molecular formula is C16H29ClIN3. The highest BCUT2D eigenvalue weighted by Crippen LogP contribution is 2.30. The topological polar surface area (TPSA) is 30.7 Å². The molecule has 0 aromatic carbocycles. The maximum Gasteiger partial charge on any atom is 0.184 e. The molecule has 3 nitrogen and oxygen atoms in total. The van der Waals surface area contributed by atoms with Crippen LogP contribution in [0.15, 0.2) is 0 Å². The molecule has 1 aromatic rings. The molecule has 0 aliphatic rings. The van der Waals surface area contributed by atoms with Crippen LogP contribution in [0.25, 0.3) is 0 Å². The van der Waals surface area contributed by atoms with Crippen LogP contribution in [-0.4, -0.2) is 15.0 Å². The van der Waals surface area contributed by atoms with Gasteiger partial charge in [0.25, 0.3) is 0 Å². The van der Waals surface area contributed by atoms with E-state index in [0.717, 1.165) is 16.5 Å². The molecule has 0 aliphatic heterocycles. The number of aromatic nitrogens is 3. The van der Waals surface area contributed by atoms with Crippen LogP contribution in [0, 0.1) is 3.70 Å². The average molecular weight is 426 g/mol. The number of rotatable bonds is 11. The lowest BCUT2D eigenvalue weighted by Crippen LogP contribution is -2.32. The summed E-state index contributed by atoms with van der Waals surface area (Å²) in [4.78, 5) is 1.88. The molecule has 0 N–H and O–H groups in total. The van der Waals surface area contributed by atoms with Crippen molar-refractivity contribution in [2.75, 3.05) is 0 Å².